The number of aryl methyl sites for hydroxylation is 1. The summed E-state index contributed by atoms with van der Waals surface area (Å²) >= 11 is 0. The van der Waals surface area contributed by atoms with E-state index in [1.807, 2.05) is 24.3 Å². The minimum absolute atomic E-state index is 0.129. The number of amides is 1. The number of oxazole rings is 1. The Morgan fingerprint density at radius 2 is 1.93 bits per heavy atom. The van der Waals surface area contributed by atoms with Gasteiger partial charge in [0.2, 0.25) is 5.76 Å². The lowest BCUT2D eigenvalue weighted by Crippen LogP contribution is -2.42. The monoisotopic (exact) mass is 372 g/mol. The van der Waals surface area contributed by atoms with Gasteiger partial charge in [0, 0.05) is 13.1 Å². The van der Waals surface area contributed by atoms with Crippen LogP contribution in [0.4, 0.5) is 0 Å². The van der Waals surface area contributed by atoms with Gasteiger partial charge in [-0.25, -0.2) is 4.98 Å². The number of hydrogen-bond acceptors (Lipinski definition) is 6. The number of aliphatic hydroxyl groups excluding tert-OH is 1. The Labute approximate surface area is 157 Å². The van der Waals surface area contributed by atoms with Crippen molar-refractivity contribution in [2.75, 3.05) is 20.2 Å². The third-order valence-corrected chi connectivity index (χ3v) is 5.66. The highest BCUT2D eigenvalue weighted by Crippen LogP contribution is 2.39. The highest BCUT2D eigenvalue weighted by atomic mass is 16.5. The van der Waals surface area contributed by atoms with Gasteiger partial charge >= 0.3 is 0 Å². The molecule has 1 aliphatic heterocycles. The van der Waals surface area contributed by atoms with E-state index in [1.165, 1.54) is 6.39 Å². The fourth-order valence-electron chi connectivity index (χ4n) is 4.21. The Balaban J connectivity index is 1.44. The van der Waals surface area contributed by atoms with Crippen molar-refractivity contribution in [2.45, 2.75) is 32.0 Å². The lowest BCUT2D eigenvalue weighted by molar-refractivity contribution is -0.0240. The van der Waals surface area contributed by atoms with Gasteiger partial charge < -0.3 is 23.9 Å². The quantitative estimate of drug-likeness (QED) is 0.886. The van der Waals surface area contributed by atoms with Gasteiger partial charge in [0.25, 0.3) is 5.91 Å². The van der Waals surface area contributed by atoms with Crippen LogP contribution in [-0.2, 0) is 0 Å². The van der Waals surface area contributed by atoms with Gasteiger partial charge in [-0.2, -0.15) is 0 Å². The molecule has 1 aromatic heterocycles. The lowest BCUT2D eigenvalue weighted by Gasteiger charge is -2.35. The Hall–Kier alpha value is -2.54. The van der Waals surface area contributed by atoms with Crippen molar-refractivity contribution in [2.24, 2.45) is 11.8 Å². The molecular weight excluding hydrogens is 348 g/mol. The predicted octanol–water partition coefficient (Wildman–Crippen LogP) is 2.28. The summed E-state index contributed by atoms with van der Waals surface area (Å²) in [6.07, 6.45) is 1.72. The van der Waals surface area contributed by atoms with Crippen LogP contribution in [0.25, 0.3) is 0 Å². The maximum absolute atomic E-state index is 12.7. The summed E-state index contributed by atoms with van der Waals surface area (Å²) in [5.41, 5.74) is 0.604. The highest BCUT2D eigenvalue weighted by molar-refractivity contribution is 5.92. The van der Waals surface area contributed by atoms with E-state index in [-0.39, 0.29) is 17.9 Å². The number of aliphatic hydroxyl groups is 1. The van der Waals surface area contributed by atoms with Crippen molar-refractivity contribution in [1.82, 2.24) is 9.88 Å². The van der Waals surface area contributed by atoms with Crippen molar-refractivity contribution in [3.63, 3.8) is 0 Å². The molecule has 0 unspecified atom stereocenters. The van der Waals surface area contributed by atoms with Crippen molar-refractivity contribution in [3.8, 4) is 11.5 Å². The summed E-state index contributed by atoms with van der Waals surface area (Å²) in [6.45, 7) is 3.03. The van der Waals surface area contributed by atoms with Crippen LogP contribution in [0.15, 0.2) is 35.1 Å². The number of carbonyl (C=O) groups is 1. The molecule has 1 saturated carbocycles. The van der Waals surface area contributed by atoms with Crippen LogP contribution >= 0.6 is 0 Å². The zero-order chi connectivity index (χ0) is 19.0. The smallest absolute Gasteiger partial charge is 0.291 e. The molecule has 1 aliphatic carbocycles. The molecule has 0 radical (unpaired) electrons. The normalized spacial score (nSPS) is 27.3. The summed E-state index contributed by atoms with van der Waals surface area (Å²) in [5, 5.41) is 10.6. The second-order valence-corrected chi connectivity index (χ2v) is 7.34. The number of hydrogen-bond donors (Lipinski definition) is 1. The topological polar surface area (TPSA) is 85.0 Å². The first kappa shape index (κ1) is 17.9. The van der Waals surface area contributed by atoms with Gasteiger partial charge in [0.1, 0.15) is 6.10 Å². The average Bonchev–Trinajstić information content (AvgIpc) is 3.27. The number of fused-ring (bicyclic) bond motifs is 1. The molecule has 2 aliphatic rings. The van der Waals surface area contributed by atoms with Gasteiger partial charge in [0.15, 0.2) is 17.9 Å². The summed E-state index contributed by atoms with van der Waals surface area (Å²) in [6, 6.07) is 7.44. The van der Waals surface area contributed by atoms with Gasteiger partial charge in [-0.3, -0.25) is 4.79 Å². The number of methoxy groups -OCH3 is 1. The second kappa shape index (κ2) is 7.23. The number of likely N-dealkylation sites (tertiary alicyclic amines) is 1. The first-order valence-corrected chi connectivity index (χ1v) is 9.24. The number of benzene rings is 1. The third kappa shape index (κ3) is 3.39. The van der Waals surface area contributed by atoms with E-state index >= 15 is 0 Å². The van der Waals surface area contributed by atoms with Crippen molar-refractivity contribution in [1.29, 1.82) is 0 Å². The maximum atomic E-state index is 12.7. The Morgan fingerprint density at radius 3 is 2.59 bits per heavy atom. The van der Waals surface area contributed by atoms with Crippen LogP contribution in [0.5, 0.6) is 11.5 Å². The zero-order valence-electron chi connectivity index (χ0n) is 15.5. The molecule has 1 N–H and O–H groups in total. The Kier molecular flexibility index (Phi) is 4.78. The molecule has 2 heterocycles. The van der Waals surface area contributed by atoms with E-state index in [9.17, 15) is 9.90 Å². The molecule has 4 atom stereocenters. The van der Waals surface area contributed by atoms with Crippen LogP contribution < -0.4 is 9.47 Å². The van der Waals surface area contributed by atoms with Gasteiger partial charge in [-0.15, -0.1) is 0 Å². The van der Waals surface area contributed by atoms with E-state index < -0.39 is 6.10 Å². The molecule has 7 heteroatoms. The summed E-state index contributed by atoms with van der Waals surface area (Å²) in [5.74, 6) is 2.01. The molecule has 2 fully saturated rings. The van der Waals surface area contributed by atoms with E-state index in [2.05, 4.69) is 4.98 Å². The first-order valence-electron chi connectivity index (χ1n) is 9.24. The average molecular weight is 372 g/mol. The Bertz CT molecular complexity index is 820. The summed E-state index contributed by atoms with van der Waals surface area (Å²) in [4.78, 5) is 18.5. The molecule has 4 rings (SSSR count). The zero-order valence-corrected chi connectivity index (χ0v) is 15.5. The van der Waals surface area contributed by atoms with Crippen LogP contribution in [-0.4, -0.2) is 53.3 Å². The molecule has 1 amide bonds. The first-order chi connectivity index (χ1) is 13.1. The molecule has 1 aromatic carbocycles. The molecule has 27 heavy (non-hydrogen) atoms. The molecule has 0 bridgehead atoms. The summed E-state index contributed by atoms with van der Waals surface area (Å²) in [7, 11) is 1.60. The molecule has 7 nitrogen and oxygen atoms in total. The second-order valence-electron chi connectivity index (χ2n) is 7.34. The lowest BCUT2D eigenvalue weighted by atomic mass is 9.78. The summed E-state index contributed by atoms with van der Waals surface area (Å²) < 4.78 is 16.7. The van der Waals surface area contributed by atoms with E-state index in [0.29, 0.717) is 54.8 Å². The van der Waals surface area contributed by atoms with Crippen molar-refractivity contribution >= 4 is 5.91 Å². The fourth-order valence-corrected chi connectivity index (χ4v) is 4.21. The Morgan fingerprint density at radius 1 is 1.22 bits per heavy atom. The number of nitrogens with zero attached hydrogens (tertiary/aromatic N) is 2. The highest BCUT2D eigenvalue weighted by Gasteiger charge is 2.44. The van der Waals surface area contributed by atoms with Crippen LogP contribution in [0.3, 0.4) is 0 Å². The minimum Gasteiger partial charge on any atom is -0.493 e. The number of rotatable bonds is 4. The molecular formula is C20H24N2O5. The van der Waals surface area contributed by atoms with E-state index in [1.54, 1.807) is 18.9 Å². The molecule has 0 spiro atoms. The largest absolute Gasteiger partial charge is 0.493 e. The third-order valence-electron chi connectivity index (χ3n) is 5.66. The number of aromatic nitrogens is 1. The van der Waals surface area contributed by atoms with Crippen LogP contribution in [0.1, 0.15) is 29.1 Å². The van der Waals surface area contributed by atoms with Crippen LogP contribution in [0.2, 0.25) is 0 Å². The molecule has 144 valence electrons. The minimum atomic E-state index is -0.571. The number of carbonyl (C=O) groups excluding carboxylic acids is 1. The van der Waals surface area contributed by atoms with E-state index in [0.717, 1.165) is 0 Å². The number of para-hydroxylation sites is 2. The standard InChI is InChI=1S/C20H24N2O5/c1-12-19(26-11-21-12)20(24)22-9-13-7-15(23)18(8-14(13)10-22)27-17-6-4-3-5-16(17)25-2/h3-6,11,13-15,18,23H,7-10H2,1-2H3/t13-,14+,15+,18+/m0/s1. The van der Waals surface area contributed by atoms with E-state index in [4.69, 9.17) is 13.9 Å². The van der Waals surface area contributed by atoms with Gasteiger partial charge in [-0.05, 0) is 43.7 Å². The maximum Gasteiger partial charge on any atom is 0.291 e. The van der Waals surface area contributed by atoms with Crippen molar-refractivity contribution < 1.29 is 23.8 Å². The molecule has 1 saturated heterocycles. The van der Waals surface area contributed by atoms with Crippen molar-refractivity contribution in [3.05, 3.63) is 42.1 Å². The van der Waals surface area contributed by atoms with Gasteiger partial charge in [-0.1, -0.05) is 12.1 Å². The van der Waals surface area contributed by atoms with Gasteiger partial charge in [0.05, 0.1) is 18.9 Å². The van der Waals surface area contributed by atoms with Crippen LogP contribution in [0, 0.1) is 18.8 Å². The molecule has 2 aromatic rings. The number of ether oxygens (including phenoxy) is 2. The fraction of sp³-hybridized carbons (Fsp3) is 0.500. The SMILES string of the molecule is COc1ccccc1O[C@@H]1C[C@@H]2CN(C(=O)c3ocnc3C)C[C@@H]2C[C@H]1O. The predicted molar refractivity (Wildman–Crippen MR) is 96.8 cm³/mol.